The highest BCUT2D eigenvalue weighted by molar-refractivity contribution is 6.33. The van der Waals surface area contributed by atoms with E-state index in [4.69, 9.17) is 16.3 Å². The van der Waals surface area contributed by atoms with Gasteiger partial charge in [0.1, 0.15) is 0 Å². The largest absolute Gasteiger partial charge is 0.379 e. The number of aromatic nitrogens is 3. The van der Waals surface area contributed by atoms with Crippen LogP contribution in [0.4, 0.5) is 5.95 Å². The Morgan fingerprint density at radius 1 is 1.30 bits per heavy atom. The van der Waals surface area contributed by atoms with Crippen molar-refractivity contribution < 1.29 is 9.53 Å². The van der Waals surface area contributed by atoms with Crippen LogP contribution in [0.25, 0.3) is 5.65 Å². The molecule has 2 fully saturated rings. The van der Waals surface area contributed by atoms with Crippen LogP contribution >= 0.6 is 11.6 Å². The zero-order valence-electron chi connectivity index (χ0n) is 15.3. The standard InChI is InChI=1S/C18H25ClN6O2/c19-15-4-2-7-25-16(15)21-22-18(25)24-6-1-3-14(13-24)17(26)20-5-8-23-9-11-27-12-10-23/h2,4,7,14H,1,3,5-6,8-13H2,(H,20,26)/t14-/m1/s1. The molecule has 1 amide bonds. The number of hydrogen-bond acceptors (Lipinski definition) is 6. The molecule has 2 aliphatic heterocycles. The first kappa shape index (κ1) is 18.5. The predicted octanol–water partition coefficient (Wildman–Crippen LogP) is 1.05. The Balaban J connectivity index is 1.34. The summed E-state index contributed by atoms with van der Waals surface area (Å²) in [6.07, 6.45) is 3.76. The Morgan fingerprint density at radius 2 is 2.15 bits per heavy atom. The number of morpholine rings is 1. The number of carbonyl (C=O) groups is 1. The van der Waals surface area contributed by atoms with Crippen LogP contribution in [0.1, 0.15) is 12.8 Å². The van der Waals surface area contributed by atoms with Crippen LogP contribution in [0, 0.1) is 5.92 Å². The van der Waals surface area contributed by atoms with Crippen LogP contribution < -0.4 is 10.2 Å². The summed E-state index contributed by atoms with van der Waals surface area (Å²) in [6.45, 7) is 6.51. The lowest BCUT2D eigenvalue weighted by atomic mass is 9.97. The van der Waals surface area contributed by atoms with Gasteiger partial charge in [-0.1, -0.05) is 11.6 Å². The van der Waals surface area contributed by atoms with E-state index in [-0.39, 0.29) is 11.8 Å². The van der Waals surface area contributed by atoms with Gasteiger partial charge in [0.15, 0.2) is 5.65 Å². The second-order valence-electron chi connectivity index (χ2n) is 7.08. The molecule has 0 bridgehead atoms. The second-order valence-corrected chi connectivity index (χ2v) is 7.49. The van der Waals surface area contributed by atoms with Crippen LogP contribution in [-0.2, 0) is 9.53 Å². The highest BCUT2D eigenvalue weighted by Gasteiger charge is 2.28. The van der Waals surface area contributed by atoms with E-state index in [2.05, 4.69) is 25.3 Å². The lowest BCUT2D eigenvalue weighted by Gasteiger charge is -2.32. The lowest BCUT2D eigenvalue weighted by molar-refractivity contribution is -0.125. The van der Waals surface area contributed by atoms with Gasteiger partial charge in [0.25, 0.3) is 0 Å². The first-order chi connectivity index (χ1) is 13.2. The molecule has 0 aromatic carbocycles. The lowest BCUT2D eigenvalue weighted by Crippen LogP contribution is -2.46. The van der Waals surface area contributed by atoms with Crippen molar-refractivity contribution in [2.45, 2.75) is 12.8 Å². The monoisotopic (exact) mass is 392 g/mol. The van der Waals surface area contributed by atoms with Crippen LogP contribution in [-0.4, -0.2) is 77.9 Å². The molecule has 0 aliphatic carbocycles. The first-order valence-electron chi connectivity index (χ1n) is 9.54. The number of amides is 1. The van der Waals surface area contributed by atoms with Crippen molar-refractivity contribution in [2.24, 2.45) is 5.92 Å². The van der Waals surface area contributed by atoms with Gasteiger partial charge in [-0.05, 0) is 25.0 Å². The van der Waals surface area contributed by atoms with Gasteiger partial charge in [0.2, 0.25) is 11.9 Å². The number of anilines is 1. The smallest absolute Gasteiger partial charge is 0.231 e. The zero-order valence-corrected chi connectivity index (χ0v) is 16.1. The summed E-state index contributed by atoms with van der Waals surface area (Å²) in [5.41, 5.74) is 0.645. The van der Waals surface area contributed by atoms with Crippen LogP contribution in [0.15, 0.2) is 18.3 Å². The third kappa shape index (κ3) is 4.17. The molecule has 2 aliphatic rings. The predicted molar refractivity (Wildman–Crippen MR) is 103 cm³/mol. The Bertz CT molecular complexity index is 791. The number of nitrogens with one attached hydrogen (secondary N) is 1. The topological polar surface area (TPSA) is 75.0 Å². The van der Waals surface area contributed by atoms with Gasteiger partial charge in [-0.2, -0.15) is 0 Å². The molecule has 0 radical (unpaired) electrons. The fourth-order valence-electron chi connectivity index (χ4n) is 3.77. The summed E-state index contributed by atoms with van der Waals surface area (Å²) < 4.78 is 7.24. The number of pyridine rings is 1. The van der Waals surface area contributed by atoms with Crippen molar-refractivity contribution in [1.82, 2.24) is 24.8 Å². The van der Waals surface area contributed by atoms with Crippen molar-refractivity contribution >= 4 is 29.1 Å². The first-order valence-corrected chi connectivity index (χ1v) is 9.92. The van der Waals surface area contributed by atoms with Crippen molar-refractivity contribution in [3.63, 3.8) is 0 Å². The SMILES string of the molecule is O=C(NCCN1CCOCC1)[C@@H]1CCCN(c2nnc3c(Cl)cccn23)C1. The van der Waals surface area contributed by atoms with Gasteiger partial charge >= 0.3 is 0 Å². The number of ether oxygens (including phenoxy) is 1. The molecule has 4 rings (SSSR count). The summed E-state index contributed by atoms with van der Waals surface area (Å²) in [4.78, 5) is 17.1. The average molecular weight is 393 g/mol. The highest BCUT2D eigenvalue weighted by atomic mass is 35.5. The number of piperidine rings is 1. The van der Waals surface area contributed by atoms with Crippen molar-refractivity contribution in [3.05, 3.63) is 23.4 Å². The van der Waals surface area contributed by atoms with Gasteiger partial charge in [0.05, 0.1) is 24.2 Å². The number of nitrogens with zero attached hydrogens (tertiary/aromatic N) is 5. The minimum absolute atomic E-state index is 0.0324. The molecule has 1 atom stereocenters. The Morgan fingerprint density at radius 3 is 3.00 bits per heavy atom. The molecule has 2 saturated heterocycles. The summed E-state index contributed by atoms with van der Waals surface area (Å²) >= 11 is 6.19. The van der Waals surface area contributed by atoms with Crippen molar-refractivity contribution in [3.8, 4) is 0 Å². The third-order valence-electron chi connectivity index (χ3n) is 5.28. The number of fused-ring (bicyclic) bond motifs is 1. The molecule has 27 heavy (non-hydrogen) atoms. The van der Waals surface area contributed by atoms with E-state index < -0.39 is 0 Å². The van der Waals surface area contributed by atoms with Crippen LogP contribution in [0.5, 0.6) is 0 Å². The molecule has 0 saturated carbocycles. The van der Waals surface area contributed by atoms with Gasteiger partial charge in [-0.3, -0.25) is 14.1 Å². The maximum atomic E-state index is 12.6. The summed E-state index contributed by atoms with van der Waals surface area (Å²) in [5, 5.41) is 12.2. The van der Waals surface area contributed by atoms with E-state index in [1.807, 2.05) is 16.7 Å². The molecule has 9 heteroatoms. The van der Waals surface area contributed by atoms with Gasteiger partial charge in [0, 0.05) is 45.5 Å². The van der Waals surface area contributed by atoms with E-state index in [0.29, 0.717) is 23.8 Å². The van der Waals surface area contributed by atoms with Gasteiger partial charge in [-0.15, -0.1) is 10.2 Å². The minimum atomic E-state index is -0.0324. The minimum Gasteiger partial charge on any atom is -0.379 e. The molecule has 0 unspecified atom stereocenters. The quantitative estimate of drug-likeness (QED) is 0.819. The van der Waals surface area contributed by atoms with Crippen molar-refractivity contribution in [2.75, 3.05) is 57.4 Å². The Hall–Kier alpha value is -1.90. The molecule has 8 nitrogen and oxygen atoms in total. The molecule has 0 spiro atoms. The number of rotatable bonds is 5. The molecule has 4 heterocycles. The average Bonchev–Trinajstić information content (AvgIpc) is 3.14. The number of hydrogen-bond donors (Lipinski definition) is 1. The molecular formula is C18H25ClN6O2. The fourth-order valence-corrected chi connectivity index (χ4v) is 3.97. The van der Waals surface area contributed by atoms with E-state index in [0.717, 1.165) is 58.2 Å². The van der Waals surface area contributed by atoms with E-state index in [9.17, 15) is 4.79 Å². The van der Waals surface area contributed by atoms with Gasteiger partial charge in [-0.25, -0.2) is 0 Å². The maximum Gasteiger partial charge on any atom is 0.231 e. The number of halogens is 1. The van der Waals surface area contributed by atoms with Crippen LogP contribution in [0.3, 0.4) is 0 Å². The number of carbonyl (C=O) groups excluding carboxylic acids is 1. The van der Waals surface area contributed by atoms with Crippen molar-refractivity contribution in [1.29, 1.82) is 0 Å². The van der Waals surface area contributed by atoms with E-state index in [1.54, 1.807) is 6.07 Å². The third-order valence-corrected chi connectivity index (χ3v) is 5.57. The summed E-state index contributed by atoms with van der Waals surface area (Å²) in [6, 6.07) is 3.68. The second kappa shape index (κ2) is 8.41. The zero-order chi connectivity index (χ0) is 18.6. The van der Waals surface area contributed by atoms with E-state index >= 15 is 0 Å². The molecule has 146 valence electrons. The molecular weight excluding hydrogens is 368 g/mol. The molecule has 1 N–H and O–H groups in total. The maximum absolute atomic E-state index is 12.6. The Labute approximate surface area is 163 Å². The molecule has 2 aromatic rings. The van der Waals surface area contributed by atoms with Gasteiger partial charge < -0.3 is 15.0 Å². The van der Waals surface area contributed by atoms with E-state index in [1.165, 1.54) is 0 Å². The molecule has 2 aromatic heterocycles. The Kier molecular flexibility index (Phi) is 5.75. The highest BCUT2D eigenvalue weighted by Crippen LogP contribution is 2.24. The summed E-state index contributed by atoms with van der Waals surface area (Å²) in [5.74, 6) is 0.841. The summed E-state index contributed by atoms with van der Waals surface area (Å²) in [7, 11) is 0. The normalized spacial score (nSPS) is 21.5. The fraction of sp³-hybridized carbons (Fsp3) is 0.611. The van der Waals surface area contributed by atoms with Crippen LogP contribution in [0.2, 0.25) is 5.02 Å².